The standard InChI is InChI=1S/C12H23N3O2/c1-5-15(7-10(2)6-13)8-12(16)14-11(3)9-17-4/h10-11H,5,7-9H2,1-4H3,(H,14,16). The second kappa shape index (κ2) is 8.97. The summed E-state index contributed by atoms with van der Waals surface area (Å²) in [5.74, 6) is -0.0827. The molecule has 0 aromatic carbocycles. The van der Waals surface area contributed by atoms with E-state index >= 15 is 0 Å². The molecule has 1 amide bonds. The van der Waals surface area contributed by atoms with Crippen LogP contribution in [0.1, 0.15) is 20.8 Å². The van der Waals surface area contributed by atoms with Gasteiger partial charge in [0.05, 0.1) is 25.1 Å². The van der Waals surface area contributed by atoms with Gasteiger partial charge in [-0.2, -0.15) is 5.26 Å². The minimum Gasteiger partial charge on any atom is -0.383 e. The monoisotopic (exact) mass is 241 g/mol. The number of nitrogens with zero attached hydrogens (tertiary/aromatic N) is 2. The minimum absolute atomic E-state index is 0.0135. The Bertz CT molecular complexity index is 263. The molecule has 1 N–H and O–H groups in total. The van der Waals surface area contributed by atoms with Gasteiger partial charge in [0.2, 0.25) is 5.91 Å². The molecule has 0 saturated heterocycles. The summed E-state index contributed by atoms with van der Waals surface area (Å²) < 4.78 is 4.95. The predicted octanol–water partition coefficient (Wildman–Crippen LogP) is 0.619. The first-order valence-electron chi connectivity index (χ1n) is 5.93. The summed E-state index contributed by atoms with van der Waals surface area (Å²) in [7, 11) is 1.61. The van der Waals surface area contributed by atoms with Crippen LogP contribution in [-0.2, 0) is 9.53 Å². The van der Waals surface area contributed by atoms with Crippen LogP contribution in [0.15, 0.2) is 0 Å². The molecule has 2 atom stereocenters. The highest BCUT2D eigenvalue weighted by Crippen LogP contribution is 1.98. The van der Waals surface area contributed by atoms with Gasteiger partial charge in [-0.05, 0) is 20.4 Å². The van der Waals surface area contributed by atoms with E-state index in [2.05, 4.69) is 11.4 Å². The van der Waals surface area contributed by atoms with E-state index in [4.69, 9.17) is 10.00 Å². The van der Waals surface area contributed by atoms with E-state index in [0.29, 0.717) is 19.7 Å². The minimum atomic E-state index is -0.0563. The lowest BCUT2D eigenvalue weighted by atomic mass is 10.2. The highest BCUT2D eigenvalue weighted by molar-refractivity contribution is 5.78. The molecule has 17 heavy (non-hydrogen) atoms. The van der Waals surface area contributed by atoms with Crippen molar-refractivity contribution in [2.45, 2.75) is 26.8 Å². The molecule has 0 aromatic heterocycles. The number of hydrogen-bond acceptors (Lipinski definition) is 4. The lowest BCUT2D eigenvalue weighted by molar-refractivity contribution is -0.123. The van der Waals surface area contributed by atoms with Crippen LogP contribution in [-0.4, -0.2) is 50.2 Å². The molecular weight excluding hydrogens is 218 g/mol. The molecule has 0 spiro atoms. The highest BCUT2D eigenvalue weighted by atomic mass is 16.5. The van der Waals surface area contributed by atoms with E-state index in [-0.39, 0.29) is 17.9 Å². The topological polar surface area (TPSA) is 65.4 Å². The fourth-order valence-corrected chi connectivity index (χ4v) is 1.55. The average Bonchev–Trinajstić information content (AvgIpc) is 2.27. The summed E-state index contributed by atoms with van der Waals surface area (Å²) in [5.41, 5.74) is 0. The molecule has 2 unspecified atom stereocenters. The molecule has 5 heteroatoms. The number of carbonyl (C=O) groups excluding carboxylic acids is 1. The molecule has 0 fully saturated rings. The Balaban J connectivity index is 4.02. The van der Waals surface area contributed by atoms with E-state index in [1.807, 2.05) is 25.7 Å². The van der Waals surface area contributed by atoms with Gasteiger partial charge in [0.15, 0.2) is 0 Å². The van der Waals surface area contributed by atoms with Crippen LogP contribution in [0.5, 0.6) is 0 Å². The molecule has 0 aromatic rings. The van der Waals surface area contributed by atoms with E-state index in [9.17, 15) is 4.79 Å². The second-order valence-corrected chi connectivity index (χ2v) is 4.28. The van der Waals surface area contributed by atoms with Gasteiger partial charge in [-0.1, -0.05) is 6.92 Å². The number of nitriles is 1. The Labute approximate surface area is 104 Å². The van der Waals surface area contributed by atoms with E-state index in [1.54, 1.807) is 7.11 Å². The van der Waals surface area contributed by atoms with Crippen LogP contribution in [0, 0.1) is 17.2 Å². The molecule has 0 aliphatic rings. The SMILES string of the molecule is CCN(CC(=O)NC(C)COC)CC(C)C#N. The molecule has 0 aliphatic heterocycles. The third-order valence-electron chi connectivity index (χ3n) is 2.39. The van der Waals surface area contributed by atoms with Gasteiger partial charge in [-0.15, -0.1) is 0 Å². The molecule has 0 heterocycles. The second-order valence-electron chi connectivity index (χ2n) is 4.28. The summed E-state index contributed by atoms with van der Waals surface area (Å²) >= 11 is 0. The number of likely N-dealkylation sites (N-methyl/N-ethyl adjacent to an activating group) is 1. The molecule has 5 nitrogen and oxygen atoms in total. The summed E-state index contributed by atoms with van der Waals surface area (Å²) in [6.45, 7) is 7.96. The molecule has 0 bridgehead atoms. The quantitative estimate of drug-likeness (QED) is 0.676. The highest BCUT2D eigenvalue weighted by Gasteiger charge is 2.13. The zero-order valence-corrected chi connectivity index (χ0v) is 11.2. The Kier molecular flexibility index (Phi) is 8.38. The van der Waals surface area contributed by atoms with Crippen molar-refractivity contribution >= 4 is 5.91 Å². The number of rotatable bonds is 8. The van der Waals surface area contributed by atoms with Gasteiger partial charge in [0.1, 0.15) is 0 Å². The molecule has 0 radical (unpaired) electrons. The first kappa shape index (κ1) is 15.9. The maximum Gasteiger partial charge on any atom is 0.234 e. The first-order valence-corrected chi connectivity index (χ1v) is 5.93. The smallest absolute Gasteiger partial charge is 0.234 e. The number of amides is 1. The van der Waals surface area contributed by atoms with Gasteiger partial charge in [-0.25, -0.2) is 0 Å². The predicted molar refractivity (Wildman–Crippen MR) is 66.4 cm³/mol. The van der Waals surface area contributed by atoms with Crippen molar-refractivity contribution in [3.8, 4) is 6.07 Å². The van der Waals surface area contributed by atoms with E-state index in [0.717, 1.165) is 6.54 Å². The lowest BCUT2D eigenvalue weighted by Gasteiger charge is -2.22. The van der Waals surface area contributed by atoms with Gasteiger partial charge in [0.25, 0.3) is 0 Å². The van der Waals surface area contributed by atoms with Crippen LogP contribution in [0.2, 0.25) is 0 Å². The number of methoxy groups -OCH3 is 1. The van der Waals surface area contributed by atoms with Crippen molar-refractivity contribution in [1.82, 2.24) is 10.2 Å². The molecular formula is C12H23N3O2. The Morgan fingerprint density at radius 2 is 2.18 bits per heavy atom. The van der Waals surface area contributed by atoms with Crippen molar-refractivity contribution in [3.63, 3.8) is 0 Å². The van der Waals surface area contributed by atoms with Crippen molar-refractivity contribution in [2.24, 2.45) is 5.92 Å². The summed E-state index contributed by atoms with van der Waals surface area (Å²) in [6, 6.07) is 2.18. The Morgan fingerprint density at radius 3 is 2.65 bits per heavy atom. The lowest BCUT2D eigenvalue weighted by Crippen LogP contribution is -2.43. The van der Waals surface area contributed by atoms with Crippen molar-refractivity contribution in [2.75, 3.05) is 33.4 Å². The van der Waals surface area contributed by atoms with Gasteiger partial charge in [0, 0.05) is 19.7 Å². The number of ether oxygens (including phenoxy) is 1. The van der Waals surface area contributed by atoms with Gasteiger partial charge in [-0.3, -0.25) is 9.69 Å². The summed E-state index contributed by atoms with van der Waals surface area (Å²) in [4.78, 5) is 13.6. The fourth-order valence-electron chi connectivity index (χ4n) is 1.55. The zero-order valence-electron chi connectivity index (χ0n) is 11.2. The molecule has 0 saturated carbocycles. The van der Waals surface area contributed by atoms with Crippen molar-refractivity contribution in [3.05, 3.63) is 0 Å². The van der Waals surface area contributed by atoms with E-state index in [1.165, 1.54) is 0 Å². The maximum atomic E-state index is 11.7. The van der Waals surface area contributed by atoms with Crippen LogP contribution >= 0.6 is 0 Å². The Hall–Kier alpha value is -1.12. The van der Waals surface area contributed by atoms with Crippen LogP contribution in [0.25, 0.3) is 0 Å². The molecule has 0 rings (SSSR count). The summed E-state index contributed by atoms with van der Waals surface area (Å²) in [6.07, 6.45) is 0. The van der Waals surface area contributed by atoms with Crippen LogP contribution < -0.4 is 5.32 Å². The van der Waals surface area contributed by atoms with Gasteiger partial charge < -0.3 is 10.1 Å². The van der Waals surface area contributed by atoms with Crippen LogP contribution in [0.3, 0.4) is 0 Å². The van der Waals surface area contributed by atoms with Crippen molar-refractivity contribution in [1.29, 1.82) is 5.26 Å². The molecule has 0 aliphatic carbocycles. The normalized spacial score (nSPS) is 14.1. The maximum absolute atomic E-state index is 11.7. The number of carbonyl (C=O) groups is 1. The summed E-state index contributed by atoms with van der Waals surface area (Å²) in [5, 5.41) is 11.6. The van der Waals surface area contributed by atoms with Crippen LogP contribution in [0.4, 0.5) is 0 Å². The average molecular weight is 241 g/mol. The zero-order chi connectivity index (χ0) is 13.3. The Morgan fingerprint density at radius 1 is 1.53 bits per heavy atom. The van der Waals surface area contributed by atoms with E-state index < -0.39 is 0 Å². The third-order valence-corrected chi connectivity index (χ3v) is 2.39. The van der Waals surface area contributed by atoms with Crippen molar-refractivity contribution < 1.29 is 9.53 Å². The first-order chi connectivity index (χ1) is 8.03. The third kappa shape index (κ3) is 7.72. The van der Waals surface area contributed by atoms with Gasteiger partial charge >= 0.3 is 0 Å². The number of hydrogen-bond donors (Lipinski definition) is 1. The largest absolute Gasteiger partial charge is 0.383 e. The molecule has 98 valence electrons. The number of nitrogens with one attached hydrogen (secondary N) is 1. The fraction of sp³-hybridized carbons (Fsp3) is 0.833.